The van der Waals surface area contributed by atoms with E-state index in [0.717, 1.165) is 31.4 Å². The Morgan fingerprint density at radius 1 is 1.55 bits per heavy atom. The van der Waals surface area contributed by atoms with Gasteiger partial charge in [0, 0.05) is 24.6 Å². The summed E-state index contributed by atoms with van der Waals surface area (Å²) in [6.07, 6.45) is 3.51. The van der Waals surface area contributed by atoms with Crippen molar-refractivity contribution in [3.63, 3.8) is 0 Å². The average molecular weight is 277 g/mol. The molecule has 1 aliphatic rings. The molecule has 0 radical (unpaired) electrons. The number of hydrogen-bond donors (Lipinski definition) is 2. The van der Waals surface area contributed by atoms with Crippen molar-refractivity contribution < 1.29 is 9.72 Å². The van der Waals surface area contributed by atoms with E-state index >= 15 is 0 Å². The first-order chi connectivity index (χ1) is 9.56. The van der Waals surface area contributed by atoms with Crippen molar-refractivity contribution in [2.24, 2.45) is 0 Å². The van der Waals surface area contributed by atoms with Crippen LogP contribution in [0.5, 0.6) is 0 Å². The molecule has 1 aromatic carbocycles. The van der Waals surface area contributed by atoms with Crippen LogP contribution >= 0.6 is 0 Å². The number of nitrogens with zero attached hydrogens (tertiary/aromatic N) is 1. The molecule has 6 nitrogen and oxygen atoms in total. The number of nitro benzene ring substituents is 1. The van der Waals surface area contributed by atoms with Crippen LogP contribution in [0.4, 0.5) is 11.4 Å². The minimum Gasteiger partial charge on any atom is -0.326 e. The summed E-state index contributed by atoms with van der Waals surface area (Å²) in [6.45, 7) is 2.84. The fourth-order valence-electron chi connectivity index (χ4n) is 2.38. The van der Waals surface area contributed by atoms with Crippen LogP contribution in [0.3, 0.4) is 0 Å². The van der Waals surface area contributed by atoms with Crippen molar-refractivity contribution in [3.8, 4) is 0 Å². The van der Waals surface area contributed by atoms with Gasteiger partial charge < -0.3 is 10.6 Å². The molecule has 1 amide bonds. The largest absolute Gasteiger partial charge is 0.326 e. The summed E-state index contributed by atoms with van der Waals surface area (Å²) in [7, 11) is 0. The summed E-state index contributed by atoms with van der Waals surface area (Å²) in [5, 5.41) is 16.8. The highest BCUT2D eigenvalue weighted by molar-refractivity contribution is 5.91. The van der Waals surface area contributed by atoms with Gasteiger partial charge in [-0.2, -0.15) is 0 Å². The Morgan fingerprint density at radius 3 is 3.00 bits per heavy atom. The fourth-order valence-corrected chi connectivity index (χ4v) is 2.38. The molecule has 2 rings (SSSR count). The van der Waals surface area contributed by atoms with Crippen molar-refractivity contribution in [1.29, 1.82) is 0 Å². The van der Waals surface area contributed by atoms with Gasteiger partial charge in [0.05, 0.1) is 10.6 Å². The van der Waals surface area contributed by atoms with Gasteiger partial charge in [0.2, 0.25) is 5.91 Å². The topological polar surface area (TPSA) is 84.3 Å². The Balaban J connectivity index is 1.92. The van der Waals surface area contributed by atoms with Gasteiger partial charge in [-0.05, 0) is 38.3 Å². The van der Waals surface area contributed by atoms with Crippen LogP contribution in [0.15, 0.2) is 18.2 Å². The third-order valence-corrected chi connectivity index (χ3v) is 3.59. The number of hydrogen-bond acceptors (Lipinski definition) is 4. The molecule has 20 heavy (non-hydrogen) atoms. The predicted molar refractivity (Wildman–Crippen MR) is 76.7 cm³/mol. The average Bonchev–Trinajstić information content (AvgIpc) is 2.92. The zero-order valence-electron chi connectivity index (χ0n) is 11.5. The van der Waals surface area contributed by atoms with Crippen LogP contribution in [-0.2, 0) is 4.79 Å². The standard InChI is InChI=1S/C14H19N3O3/c1-10-4-6-12(17(19)20)9-13(10)16-14(18)7-5-11-3-2-8-15-11/h4,6,9,11,15H,2-3,5,7-8H2,1H3,(H,16,18). The monoisotopic (exact) mass is 277 g/mol. The first kappa shape index (κ1) is 14.5. The molecule has 1 aliphatic heterocycles. The molecule has 1 atom stereocenters. The molecular weight excluding hydrogens is 258 g/mol. The lowest BCUT2D eigenvalue weighted by Crippen LogP contribution is -2.23. The summed E-state index contributed by atoms with van der Waals surface area (Å²) < 4.78 is 0. The molecule has 0 bridgehead atoms. The molecule has 108 valence electrons. The molecule has 1 fully saturated rings. The first-order valence-electron chi connectivity index (χ1n) is 6.84. The summed E-state index contributed by atoms with van der Waals surface area (Å²) >= 11 is 0. The van der Waals surface area contributed by atoms with Crippen LogP contribution in [-0.4, -0.2) is 23.4 Å². The van der Waals surface area contributed by atoms with Gasteiger partial charge in [-0.1, -0.05) is 6.07 Å². The molecule has 2 N–H and O–H groups in total. The summed E-state index contributed by atoms with van der Waals surface area (Å²) in [5.41, 5.74) is 1.33. The number of amides is 1. The summed E-state index contributed by atoms with van der Waals surface area (Å²) in [4.78, 5) is 22.2. The smallest absolute Gasteiger partial charge is 0.271 e. The second-order valence-corrected chi connectivity index (χ2v) is 5.14. The van der Waals surface area contributed by atoms with Gasteiger partial charge in [0.1, 0.15) is 0 Å². The van der Waals surface area contributed by atoms with E-state index in [2.05, 4.69) is 10.6 Å². The fraction of sp³-hybridized carbons (Fsp3) is 0.500. The number of carbonyl (C=O) groups is 1. The number of aryl methyl sites for hydroxylation is 1. The number of carbonyl (C=O) groups excluding carboxylic acids is 1. The quantitative estimate of drug-likeness (QED) is 0.639. The molecular formula is C14H19N3O3. The van der Waals surface area contributed by atoms with E-state index in [4.69, 9.17) is 0 Å². The Morgan fingerprint density at radius 2 is 2.35 bits per heavy atom. The van der Waals surface area contributed by atoms with E-state index in [1.54, 1.807) is 6.07 Å². The zero-order chi connectivity index (χ0) is 14.5. The van der Waals surface area contributed by atoms with Gasteiger partial charge in [-0.25, -0.2) is 0 Å². The predicted octanol–water partition coefficient (Wildman–Crippen LogP) is 2.37. The maximum absolute atomic E-state index is 11.9. The van der Waals surface area contributed by atoms with Crippen molar-refractivity contribution in [2.45, 2.75) is 38.6 Å². The maximum Gasteiger partial charge on any atom is 0.271 e. The van der Waals surface area contributed by atoms with E-state index in [9.17, 15) is 14.9 Å². The molecule has 0 aliphatic carbocycles. The molecule has 1 aromatic rings. The van der Waals surface area contributed by atoms with E-state index < -0.39 is 4.92 Å². The Kier molecular flexibility index (Phi) is 4.68. The number of anilines is 1. The van der Waals surface area contributed by atoms with Gasteiger partial charge in [0.15, 0.2) is 0 Å². The highest BCUT2D eigenvalue weighted by Crippen LogP contribution is 2.22. The molecule has 1 heterocycles. The molecule has 1 unspecified atom stereocenters. The second-order valence-electron chi connectivity index (χ2n) is 5.14. The van der Waals surface area contributed by atoms with Crippen LogP contribution in [0.2, 0.25) is 0 Å². The number of rotatable bonds is 5. The molecule has 6 heteroatoms. The highest BCUT2D eigenvalue weighted by atomic mass is 16.6. The van der Waals surface area contributed by atoms with Crippen LogP contribution in [0.1, 0.15) is 31.2 Å². The van der Waals surface area contributed by atoms with Gasteiger partial charge >= 0.3 is 0 Å². The first-order valence-corrected chi connectivity index (χ1v) is 6.84. The third-order valence-electron chi connectivity index (χ3n) is 3.59. The minimum absolute atomic E-state index is 0.0108. The van der Waals surface area contributed by atoms with Crippen LogP contribution < -0.4 is 10.6 Å². The summed E-state index contributed by atoms with van der Waals surface area (Å²) in [6, 6.07) is 4.91. The van der Waals surface area contributed by atoms with Crippen LogP contribution in [0, 0.1) is 17.0 Å². The lowest BCUT2D eigenvalue weighted by molar-refractivity contribution is -0.384. The normalized spacial score (nSPS) is 17.9. The Labute approximate surface area is 117 Å². The number of nitrogens with one attached hydrogen (secondary N) is 2. The second kappa shape index (κ2) is 6.47. The lowest BCUT2D eigenvalue weighted by Gasteiger charge is -2.11. The van der Waals surface area contributed by atoms with Crippen LogP contribution in [0.25, 0.3) is 0 Å². The molecule has 0 spiro atoms. The Hall–Kier alpha value is -1.95. The lowest BCUT2D eigenvalue weighted by atomic mass is 10.1. The van der Waals surface area contributed by atoms with E-state index in [1.807, 2.05) is 6.92 Å². The molecule has 0 aromatic heterocycles. The van der Waals surface area contributed by atoms with Gasteiger partial charge in [0.25, 0.3) is 5.69 Å². The van der Waals surface area contributed by atoms with E-state index in [-0.39, 0.29) is 11.6 Å². The minimum atomic E-state index is -0.461. The highest BCUT2D eigenvalue weighted by Gasteiger charge is 2.16. The summed E-state index contributed by atoms with van der Waals surface area (Å²) in [5.74, 6) is -0.0951. The van der Waals surface area contributed by atoms with Gasteiger partial charge in [-0.15, -0.1) is 0 Å². The number of non-ortho nitro benzene ring substituents is 1. The zero-order valence-corrected chi connectivity index (χ0v) is 11.5. The van der Waals surface area contributed by atoms with E-state index in [0.29, 0.717) is 18.2 Å². The Bertz CT molecular complexity index is 510. The van der Waals surface area contributed by atoms with Crippen molar-refractivity contribution >= 4 is 17.3 Å². The molecule has 1 saturated heterocycles. The number of nitro groups is 1. The molecule has 0 saturated carbocycles. The SMILES string of the molecule is Cc1ccc([N+](=O)[O-])cc1NC(=O)CCC1CCCN1. The van der Waals surface area contributed by atoms with Crippen molar-refractivity contribution in [3.05, 3.63) is 33.9 Å². The van der Waals surface area contributed by atoms with Gasteiger partial charge in [-0.3, -0.25) is 14.9 Å². The van der Waals surface area contributed by atoms with E-state index in [1.165, 1.54) is 12.1 Å². The van der Waals surface area contributed by atoms with Crippen molar-refractivity contribution in [2.75, 3.05) is 11.9 Å². The maximum atomic E-state index is 11.9. The number of benzene rings is 1. The third kappa shape index (κ3) is 3.77. The van der Waals surface area contributed by atoms with Crippen molar-refractivity contribution in [1.82, 2.24) is 5.32 Å².